The number of halogens is 1. The molecule has 0 spiro atoms. The number of rotatable bonds is 4. The number of aryl methyl sites for hydroxylation is 1. The number of benzene rings is 1. The lowest BCUT2D eigenvalue weighted by atomic mass is 9.96. The molecule has 1 aliphatic heterocycles. The fraction of sp³-hybridized carbons (Fsp3) is 0.273. The summed E-state index contributed by atoms with van der Waals surface area (Å²) in [5.41, 5.74) is 3.16. The number of carbonyl (C=O) groups is 2. The molecule has 2 amide bonds. The van der Waals surface area contributed by atoms with Crippen molar-refractivity contribution in [2.75, 3.05) is 18.4 Å². The van der Waals surface area contributed by atoms with Gasteiger partial charge in [-0.05, 0) is 61.7 Å². The third-order valence-electron chi connectivity index (χ3n) is 5.31. The highest BCUT2D eigenvalue weighted by atomic mass is 19.1. The van der Waals surface area contributed by atoms with Crippen LogP contribution >= 0.6 is 0 Å². The van der Waals surface area contributed by atoms with Gasteiger partial charge in [0.15, 0.2) is 0 Å². The van der Waals surface area contributed by atoms with Crippen LogP contribution in [0, 0.1) is 18.7 Å². The summed E-state index contributed by atoms with van der Waals surface area (Å²) in [5.74, 6) is -1.01. The van der Waals surface area contributed by atoms with Gasteiger partial charge in [0.25, 0.3) is 5.91 Å². The number of anilines is 1. The first-order valence-electron chi connectivity index (χ1n) is 9.83. The number of hydrogen-bond acceptors (Lipinski definition) is 4. The van der Waals surface area contributed by atoms with Crippen molar-refractivity contribution in [1.82, 2.24) is 20.1 Å². The average molecular weight is 407 g/mol. The molecule has 3 aromatic rings. The number of aromatic amines is 1. The van der Waals surface area contributed by atoms with Gasteiger partial charge in [0.05, 0.1) is 11.6 Å². The summed E-state index contributed by atoms with van der Waals surface area (Å²) in [5, 5.41) is 9.88. The van der Waals surface area contributed by atoms with Crippen molar-refractivity contribution in [3.05, 3.63) is 65.9 Å². The van der Waals surface area contributed by atoms with Crippen LogP contribution in [0.2, 0.25) is 0 Å². The number of likely N-dealkylation sites (tertiary alicyclic amines) is 1. The number of carbonyl (C=O) groups excluding carboxylic acids is 2. The Morgan fingerprint density at radius 3 is 2.77 bits per heavy atom. The fourth-order valence-corrected chi connectivity index (χ4v) is 3.65. The van der Waals surface area contributed by atoms with Gasteiger partial charge in [-0.1, -0.05) is 0 Å². The minimum atomic E-state index is -0.342. The molecule has 2 aromatic heterocycles. The van der Waals surface area contributed by atoms with Gasteiger partial charge in [-0.15, -0.1) is 0 Å². The van der Waals surface area contributed by atoms with E-state index in [9.17, 15) is 14.0 Å². The maximum atomic E-state index is 13.3. The second-order valence-corrected chi connectivity index (χ2v) is 7.44. The monoisotopic (exact) mass is 407 g/mol. The second-order valence-electron chi connectivity index (χ2n) is 7.44. The predicted octanol–water partition coefficient (Wildman–Crippen LogP) is 3.41. The minimum absolute atomic E-state index is 0.163. The van der Waals surface area contributed by atoms with Gasteiger partial charge in [0, 0.05) is 36.7 Å². The molecule has 154 valence electrons. The number of hydrogen-bond donors (Lipinski definition) is 2. The van der Waals surface area contributed by atoms with Crippen molar-refractivity contribution in [2.45, 2.75) is 19.8 Å². The van der Waals surface area contributed by atoms with E-state index in [1.807, 2.05) is 12.1 Å². The number of nitrogens with one attached hydrogen (secondary N) is 2. The fourth-order valence-electron chi connectivity index (χ4n) is 3.65. The summed E-state index contributed by atoms with van der Waals surface area (Å²) in [7, 11) is 0. The third kappa shape index (κ3) is 4.22. The maximum Gasteiger partial charge on any atom is 0.271 e. The normalized spacial score (nSPS) is 16.3. The summed E-state index contributed by atoms with van der Waals surface area (Å²) in [6, 6.07) is 9.61. The van der Waals surface area contributed by atoms with Crippen LogP contribution in [-0.2, 0) is 4.79 Å². The summed E-state index contributed by atoms with van der Waals surface area (Å²) >= 11 is 0. The van der Waals surface area contributed by atoms with Gasteiger partial charge in [0.1, 0.15) is 11.5 Å². The van der Waals surface area contributed by atoms with E-state index in [1.165, 1.54) is 12.1 Å². The van der Waals surface area contributed by atoms with Gasteiger partial charge in [-0.2, -0.15) is 5.10 Å². The first-order chi connectivity index (χ1) is 14.5. The molecule has 0 unspecified atom stereocenters. The number of piperidine rings is 1. The van der Waals surface area contributed by atoms with Crippen LogP contribution in [0.15, 0.2) is 48.8 Å². The highest BCUT2D eigenvalue weighted by Crippen LogP contribution is 2.23. The van der Waals surface area contributed by atoms with Crippen LogP contribution in [0.1, 0.15) is 28.9 Å². The molecule has 30 heavy (non-hydrogen) atoms. The molecule has 4 rings (SSSR count). The number of pyridine rings is 1. The molecular weight excluding hydrogens is 385 g/mol. The molecule has 1 fully saturated rings. The van der Waals surface area contributed by atoms with E-state index in [-0.39, 0.29) is 23.5 Å². The Balaban J connectivity index is 1.43. The molecule has 0 saturated carbocycles. The predicted molar refractivity (Wildman–Crippen MR) is 110 cm³/mol. The number of nitrogens with zero attached hydrogens (tertiary/aromatic N) is 3. The molecule has 7 nitrogen and oxygen atoms in total. The zero-order valence-corrected chi connectivity index (χ0v) is 16.6. The summed E-state index contributed by atoms with van der Waals surface area (Å²) in [6.45, 7) is 2.66. The van der Waals surface area contributed by atoms with E-state index in [0.717, 1.165) is 12.0 Å². The Labute approximate surface area is 173 Å². The van der Waals surface area contributed by atoms with Gasteiger partial charge in [0.2, 0.25) is 5.91 Å². The molecule has 8 heteroatoms. The van der Waals surface area contributed by atoms with E-state index in [1.54, 1.807) is 36.4 Å². The van der Waals surface area contributed by atoms with Crippen molar-refractivity contribution in [3.8, 4) is 11.3 Å². The van der Waals surface area contributed by atoms with Crippen LogP contribution in [0.25, 0.3) is 11.3 Å². The number of aromatic nitrogens is 3. The van der Waals surface area contributed by atoms with Crippen LogP contribution in [0.3, 0.4) is 0 Å². The smallest absolute Gasteiger partial charge is 0.271 e. The molecule has 1 aromatic carbocycles. The van der Waals surface area contributed by atoms with Crippen LogP contribution in [-0.4, -0.2) is 45.0 Å². The lowest BCUT2D eigenvalue weighted by molar-refractivity contribution is -0.121. The van der Waals surface area contributed by atoms with E-state index >= 15 is 0 Å². The zero-order chi connectivity index (χ0) is 21.1. The SMILES string of the molecule is Cc1cc(F)ccc1NC(=O)[C@H]1CCCN(C(=O)c2cc(-c3ccncc3)n[nH]2)C1. The molecule has 0 aliphatic carbocycles. The Hall–Kier alpha value is -3.55. The van der Waals surface area contributed by atoms with Crippen LogP contribution in [0.4, 0.5) is 10.1 Å². The largest absolute Gasteiger partial charge is 0.337 e. The highest BCUT2D eigenvalue weighted by Gasteiger charge is 2.30. The van der Waals surface area contributed by atoms with E-state index in [0.29, 0.717) is 42.1 Å². The second kappa shape index (κ2) is 8.44. The van der Waals surface area contributed by atoms with Crippen molar-refractivity contribution < 1.29 is 14.0 Å². The van der Waals surface area contributed by atoms with Crippen molar-refractivity contribution >= 4 is 17.5 Å². The molecule has 1 atom stereocenters. The summed E-state index contributed by atoms with van der Waals surface area (Å²) < 4.78 is 13.3. The minimum Gasteiger partial charge on any atom is -0.337 e. The number of amides is 2. The van der Waals surface area contributed by atoms with E-state index < -0.39 is 0 Å². The summed E-state index contributed by atoms with van der Waals surface area (Å²) in [6.07, 6.45) is 4.77. The van der Waals surface area contributed by atoms with Gasteiger partial charge < -0.3 is 10.2 Å². The van der Waals surface area contributed by atoms with Crippen molar-refractivity contribution in [1.29, 1.82) is 0 Å². The van der Waals surface area contributed by atoms with E-state index in [2.05, 4.69) is 20.5 Å². The molecule has 0 bridgehead atoms. The Morgan fingerprint density at radius 1 is 1.20 bits per heavy atom. The van der Waals surface area contributed by atoms with Crippen LogP contribution < -0.4 is 5.32 Å². The van der Waals surface area contributed by atoms with Gasteiger partial charge in [-0.25, -0.2) is 4.39 Å². The lowest BCUT2D eigenvalue weighted by Crippen LogP contribution is -2.44. The molecule has 3 heterocycles. The zero-order valence-electron chi connectivity index (χ0n) is 16.6. The summed E-state index contributed by atoms with van der Waals surface area (Å²) in [4.78, 5) is 31.3. The van der Waals surface area contributed by atoms with Crippen LogP contribution in [0.5, 0.6) is 0 Å². The van der Waals surface area contributed by atoms with E-state index in [4.69, 9.17) is 0 Å². The Kier molecular flexibility index (Phi) is 5.56. The van der Waals surface area contributed by atoms with Crippen molar-refractivity contribution in [2.24, 2.45) is 5.92 Å². The molecule has 1 aliphatic rings. The topological polar surface area (TPSA) is 91.0 Å². The first-order valence-corrected chi connectivity index (χ1v) is 9.83. The quantitative estimate of drug-likeness (QED) is 0.693. The van der Waals surface area contributed by atoms with Gasteiger partial charge >= 0.3 is 0 Å². The Bertz CT molecular complexity index is 1070. The molecule has 2 N–H and O–H groups in total. The molecule has 1 saturated heterocycles. The molecule has 0 radical (unpaired) electrons. The van der Waals surface area contributed by atoms with Crippen molar-refractivity contribution in [3.63, 3.8) is 0 Å². The van der Waals surface area contributed by atoms with Gasteiger partial charge in [-0.3, -0.25) is 19.7 Å². The lowest BCUT2D eigenvalue weighted by Gasteiger charge is -2.31. The Morgan fingerprint density at radius 2 is 2.00 bits per heavy atom. The first kappa shape index (κ1) is 19.8. The number of H-pyrrole nitrogens is 1. The third-order valence-corrected chi connectivity index (χ3v) is 5.31. The maximum absolute atomic E-state index is 13.3. The highest BCUT2D eigenvalue weighted by molar-refractivity contribution is 5.96. The standard InChI is InChI=1S/C22H22FN5O2/c1-14-11-17(23)4-5-18(14)25-21(29)16-3-2-10-28(13-16)22(30)20-12-19(26-27-20)15-6-8-24-9-7-15/h4-9,11-12,16H,2-3,10,13H2,1H3,(H,25,29)(H,26,27)/t16-/m0/s1. The average Bonchev–Trinajstić information content (AvgIpc) is 3.26. The molecular formula is C22H22FN5O2.